The van der Waals surface area contributed by atoms with Crippen LogP contribution in [0.2, 0.25) is 0 Å². The van der Waals surface area contributed by atoms with Crippen LogP contribution in [0.3, 0.4) is 0 Å². The third kappa shape index (κ3) is 4.88. The molecule has 0 bridgehead atoms. The number of hydrogen-bond donors (Lipinski definition) is 0. The minimum Gasteiger partial charge on any atom is -0.497 e. The Bertz CT molecular complexity index is 1310. The third-order valence-electron chi connectivity index (χ3n) is 5.26. The Balaban J connectivity index is 1.75. The fourth-order valence-corrected chi connectivity index (χ4v) is 3.79. The largest absolute Gasteiger partial charge is 0.497 e. The summed E-state index contributed by atoms with van der Waals surface area (Å²) >= 11 is 5.77. The highest BCUT2D eigenvalue weighted by Crippen LogP contribution is 2.25. The number of Topliss-reactive ketones (excluding diaryl/α,β-unsaturated/α-hetero) is 1. The van der Waals surface area contributed by atoms with Gasteiger partial charge in [-0.1, -0.05) is 29.8 Å². The lowest BCUT2D eigenvalue weighted by Crippen LogP contribution is -2.12. The Kier molecular flexibility index (Phi) is 6.70. The Morgan fingerprint density at radius 2 is 1.58 bits per heavy atom. The first-order valence-corrected chi connectivity index (χ1v) is 11.1. The molecule has 0 N–H and O–H groups in total. The molecule has 4 aromatic rings. The van der Waals surface area contributed by atoms with Crippen molar-refractivity contribution in [1.29, 1.82) is 0 Å². The number of aryl methyl sites for hydroxylation is 1. The van der Waals surface area contributed by atoms with Crippen LogP contribution >= 0.6 is 12.2 Å². The molecule has 168 valence electrons. The Hall–Kier alpha value is -3.71. The van der Waals surface area contributed by atoms with E-state index in [4.69, 9.17) is 26.8 Å². The van der Waals surface area contributed by atoms with Crippen LogP contribution in [0.25, 0.3) is 17.1 Å². The number of carbonyl (C=O) groups is 1. The molecule has 0 fully saturated rings. The normalized spacial score (nSPS) is 10.8. The Morgan fingerprint density at radius 1 is 0.939 bits per heavy atom. The van der Waals surface area contributed by atoms with E-state index in [0.29, 0.717) is 28.5 Å². The number of nitrogens with zero attached hydrogens (tertiary/aromatic N) is 3. The SMILES string of the molecule is CCOc1ccc(-n2c(-c3ccc(C)cc3)nn(CC(=O)c3ccc(OC)cc3)c2=S)cc1. The average molecular weight is 460 g/mol. The highest BCUT2D eigenvalue weighted by atomic mass is 32.1. The van der Waals surface area contributed by atoms with Gasteiger partial charge in [0.25, 0.3) is 0 Å². The third-order valence-corrected chi connectivity index (χ3v) is 5.65. The molecule has 1 aromatic heterocycles. The van der Waals surface area contributed by atoms with Gasteiger partial charge in [-0.25, -0.2) is 4.68 Å². The fourth-order valence-electron chi connectivity index (χ4n) is 3.50. The lowest BCUT2D eigenvalue weighted by molar-refractivity contribution is 0.0967. The van der Waals surface area contributed by atoms with Gasteiger partial charge in [-0.3, -0.25) is 9.36 Å². The maximum atomic E-state index is 12.9. The van der Waals surface area contributed by atoms with Gasteiger partial charge in [0.15, 0.2) is 11.6 Å². The van der Waals surface area contributed by atoms with Crippen molar-refractivity contribution in [3.63, 3.8) is 0 Å². The van der Waals surface area contributed by atoms with E-state index in [-0.39, 0.29) is 12.3 Å². The number of benzene rings is 3. The summed E-state index contributed by atoms with van der Waals surface area (Å²) in [6.45, 7) is 4.62. The summed E-state index contributed by atoms with van der Waals surface area (Å²) in [6.07, 6.45) is 0. The number of rotatable bonds is 8. The van der Waals surface area contributed by atoms with E-state index >= 15 is 0 Å². The van der Waals surface area contributed by atoms with Gasteiger partial charge in [-0.2, -0.15) is 5.10 Å². The molecule has 0 radical (unpaired) electrons. The van der Waals surface area contributed by atoms with E-state index in [1.807, 2.05) is 66.9 Å². The molecule has 0 unspecified atom stereocenters. The molecule has 33 heavy (non-hydrogen) atoms. The van der Waals surface area contributed by atoms with Crippen LogP contribution in [0.15, 0.2) is 72.8 Å². The lowest BCUT2D eigenvalue weighted by Gasteiger charge is -2.09. The van der Waals surface area contributed by atoms with Crippen LogP contribution in [0.5, 0.6) is 11.5 Å². The minimum absolute atomic E-state index is 0.0358. The van der Waals surface area contributed by atoms with E-state index in [9.17, 15) is 4.79 Å². The van der Waals surface area contributed by atoms with Crippen LogP contribution in [0, 0.1) is 11.7 Å². The number of ketones is 1. The van der Waals surface area contributed by atoms with Crippen molar-refractivity contribution in [2.24, 2.45) is 0 Å². The van der Waals surface area contributed by atoms with E-state index < -0.39 is 0 Å². The fraction of sp³-hybridized carbons (Fsp3) is 0.192. The first-order chi connectivity index (χ1) is 16.0. The summed E-state index contributed by atoms with van der Waals surface area (Å²) in [5.74, 6) is 2.07. The second-order valence-corrected chi connectivity index (χ2v) is 7.91. The molecular weight excluding hydrogens is 434 g/mol. The summed E-state index contributed by atoms with van der Waals surface area (Å²) in [7, 11) is 1.59. The van der Waals surface area contributed by atoms with Crippen molar-refractivity contribution in [1.82, 2.24) is 14.3 Å². The molecule has 0 amide bonds. The molecular formula is C26H25N3O3S. The average Bonchev–Trinajstić information content (AvgIpc) is 3.16. The number of methoxy groups -OCH3 is 1. The molecule has 0 aliphatic carbocycles. The first kappa shape index (κ1) is 22.5. The summed E-state index contributed by atoms with van der Waals surface area (Å²) in [4.78, 5) is 12.9. The smallest absolute Gasteiger partial charge is 0.203 e. The van der Waals surface area contributed by atoms with Crippen molar-refractivity contribution in [2.75, 3.05) is 13.7 Å². The van der Waals surface area contributed by atoms with Crippen LogP contribution < -0.4 is 9.47 Å². The summed E-state index contributed by atoms with van der Waals surface area (Å²) in [6, 6.07) is 22.8. The molecule has 1 heterocycles. The van der Waals surface area contributed by atoms with Crippen LogP contribution in [0.4, 0.5) is 0 Å². The van der Waals surface area contributed by atoms with Gasteiger partial charge < -0.3 is 9.47 Å². The van der Waals surface area contributed by atoms with Crippen molar-refractivity contribution >= 4 is 18.0 Å². The molecule has 0 saturated carbocycles. The van der Waals surface area contributed by atoms with Gasteiger partial charge in [0.2, 0.25) is 4.77 Å². The quantitative estimate of drug-likeness (QED) is 0.251. The Labute approximate surface area is 198 Å². The van der Waals surface area contributed by atoms with Gasteiger partial charge in [-0.05, 0) is 74.6 Å². The maximum absolute atomic E-state index is 12.9. The zero-order valence-corrected chi connectivity index (χ0v) is 19.6. The van der Waals surface area contributed by atoms with Crippen molar-refractivity contribution in [3.8, 4) is 28.6 Å². The van der Waals surface area contributed by atoms with E-state index in [1.165, 1.54) is 0 Å². The molecule has 0 atom stereocenters. The molecule has 7 heteroatoms. The van der Waals surface area contributed by atoms with Crippen molar-refractivity contribution in [3.05, 3.63) is 88.7 Å². The van der Waals surface area contributed by atoms with E-state index in [0.717, 1.165) is 22.6 Å². The second kappa shape index (κ2) is 9.83. The number of ether oxygens (including phenoxy) is 2. The van der Waals surface area contributed by atoms with Gasteiger partial charge in [-0.15, -0.1) is 0 Å². The molecule has 6 nitrogen and oxygen atoms in total. The molecule has 3 aromatic carbocycles. The van der Waals surface area contributed by atoms with Gasteiger partial charge in [0.05, 0.1) is 19.4 Å². The van der Waals surface area contributed by atoms with E-state index in [1.54, 1.807) is 36.1 Å². The molecule has 0 aliphatic rings. The van der Waals surface area contributed by atoms with Crippen molar-refractivity contribution < 1.29 is 14.3 Å². The second-order valence-electron chi connectivity index (χ2n) is 7.54. The number of aromatic nitrogens is 3. The zero-order valence-electron chi connectivity index (χ0n) is 18.8. The van der Waals surface area contributed by atoms with Crippen LogP contribution in [0.1, 0.15) is 22.8 Å². The van der Waals surface area contributed by atoms with Gasteiger partial charge in [0, 0.05) is 11.1 Å². The van der Waals surface area contributed by atoms with Gasteiger partial charge >= 0.3 is 0 Å². The van der Waals surface area contributed by atoms with E-state index in [2.05, 4.69) is 0 Å². The summed E-state index contributed by atoms with van der Waals surface area (Å²) in [5, 5.41) is 4.74. The summed E-state index contributed by atoms with van der Waals surface area (Å²) in [5.41, 5.74) is 3.49. The zero-order chi connectivity index (χ0) is 23.4. The molecule has 0 saturated heterocycles. The standard InChI is InChI=1S/C26H25N3O3S/c1-4-32-23-15-11-21(12-16-23)29-25(20-7-5-18(2)6-8-20)27-28(26(29)33)17-24(30)19-9-13-22(31-3)14-10-19/h5-16H,4,17H2,1-3H3. The summed E-state index contributed by atoms with van der Waals surface area (Å²) < 4.78 is 14.7. The molecule has 4 rings (SSSR count). The highest BCUT2D eigenvalue weighted by molar-refractivity contribution is 7.71. The number of hydrogen-bond acceptors (Lipinski definition) is 5. The predicted octanol–water partition coefficient (Wildman–Crippen LogP) is 5.67. The minimum atomic E-state index is -0.0828. The topological polar surface area (TPSA) is 58.3 Å². The predicted molar refractivity (Wildman–Crippen MR) is 131 cm³/mol. The Morgan fingerprint density at radius 3 is 2.18 bits per heavy atom. The molecule has 0 aliphatic heterocycles. The monoisotopic (exact) mass is 459 g/mol. The van der Waals surface area contributed by atoms with Gasteiger partial charge in [0.1, 0.15) is 18.0 Å². The first-order valence-electron chi connectivity index (χ1n) is 10.7. The maximum Gasteiger partial charge on any atom is 0.203 e. The van der Waals surface area contributed by atoms with Crippen LogP contribution in [-0.4, -0.2) is 33.8 Å². The molecule has 0 spiro atoms. The van der Waals surface area contributed by atoms with Crippen molar-refractivity contribution in [2.45, 2.75) is 20.4 Å². The lowest BCUT2D eigenvalue weighted by atomic mass is 10.1. The number of carbonyl (C=O) groups excluding carboxylic acids is 1. The highest BCUT2D eigenvalue weighted by Gasteiger charge is 2.17. The van der Waals surface area contributed by atoms with Crippen LogP contribution in [-0.2, 0) is 6.54 Å².